The fourth-order valence-electron chi connectivity index (χ4n) is 2.23. The van der Waals surface area contributed by atoms with Crippen LogP contribution in [0, 0.1) is 0 Å². The van der Waals surface area contributed by atoms with Gasteiger partial charge < -0.3 is 9.47 Å². The molecule has 0 saturated heterocycles. The van der Waals surface area contributed by atoms with Crippen molar-refractivity contribution in [1.82, 2.24) is 0 Å². The average Bonchev–Trinajstić information content (AvgIpc) is 2.44. The summed E-state index contributed by atoms with van der Waals surface area (Å²) in [6.07, 6.45) is 0. The molecule has 112 valence electrons. The average molecular weight is 305 g/mol. The van der Waals surface area contributed by atoms with Crippen molar-refractivity contribution in [2.75, 3.05) is 7.11 Å². The van der Waals surface area contributed by atoms with Crippen LogP contribution in [0.2, 0.25) is 5.02 Å². The molecule has 0 heterocycles. The molecule has 2 aromatic rings. The van der Waals surface area contributed by atoms with E-state index in [0.29, 0.717) is 11.6 Å². The van der Waals surface area contributed by atoms with Crippen molar-refractivity contribution in [2.24, 2.45) is 0 Å². The third-order valence-electron chi connectivity index (χ3n) is 3.32. The molecule has 0 bridgehead atoms. The third-order valence-corrected chi connectivity index (χ3v) is 3.56. The monoisotopic (exact) mass is 304 g/mol. The van der Waals surface area contributed by atoms with E-state index in [0.717, 1.165) is 17.1 Å². The lowest BCUT2D eigenvalue weighted by Crippen LogP contribution is -2.13. The number of halogens is 1. The lowest BCUT2D eigenvalue weighted by molar-refractivity contribution is 0.289. The Kier molecular flexibility index (Phi) is 4.79. The van der Waals surface area contributed by atoms with Gasteiger partial charge in [-0.1, -0.05) is 50.6 Å². The molecule has 0 aliphatic carbocycles. The molecule has 21 heavy (non-hydrogen) atoms. The lowest BCUT2D eigenvalue weighted by Gasteiger charge is -2.23. The minimum atomic E-state index is 0.0367. The first kappa shape index (κ1) is 15.7. The number of hydrogen-bond acceptors (Lipinski definition) is 2. The van der Waals surface area contributed by atoms with Gasteiger partial charge in [-0.3, -0.25) is 0 Å². The summed E-state index contributed by atoms with van der Waals surface area (Å²) in [5, 5.41) is 0.679. The van der Waals surface area contributed by atoms with Crippen LogP contribution in [-0.4, -0.2) is 7.11 Å². The first-order valence-electron chi connectivity index (χ1n) is 6.96. The molecule has 2 nitrogen and oxygen atoms in total. The van der Waals surface area contributed by atoms with Gasteiger partial charge in [-0.05, 0) is 35.2 Å². The predicted molar refractivity (Wildman–Crippen MR) is 87.5 cm³/mol. The fraction of sp³-hybridized carbons (Fsp3) is 0.333. The van der Waals surface area contributed by atoms with E-state index < -0.39 is 0 Å². The Morgan fingerprint density at radius 3 is 2.38 bits per heavy atom. The highest BCUT2D eigenvalue weighted by atomic mass is 35.5. The number of benzene rings is 2. The molecule has 2 rings (SSSR count). The molecule has 0 N–H and O–H groups in total. The molecule has 0 unspecified atom stereocenters. The summed E-state index contributed by atoms with van der Waals surface area (Å²) in [7, 11) is 1.65. The smallest absolute Gasteiger partial charge is 0.125 e. The SMILES string of the molecule is COc1ccc(Cl)cc1COc1ccccc1C(C)(C)C. The first-order valence-corrected chi connectivity index (χ1v) is 7.34. The number of ether oxygens (including phenoxy) is 2. The molecule has 0 amide bonds. The Balaban J connectivity index is 2.23. The maximum atomic E-state index is 6.05. The van der Waals surface area contributed by atoms with E-state index in [1.54, 1.807) is 7.11 Å². The molecule has 0 spiro atoms. The summed E-state index contributed by atoms with van der Waals surface area (Å²) in [5.74, 6) is 1.68. The van der Waals surface area contributed by atoms with Crippen molar-refractivity contribution in [1.29, 1.82) is 0 Å². The van der Waals surface area contributed by atoms with Gasteiger partial charge in [-0.25, -0.2) is 0 Å². The molecule has 0 atom stereocenters. The first-order chi connectivity index (χ1) is 9.91. The highest BCUT2D eigenvalue weighted by molar-refractivity contribution is 6.30. The number of para-hydroxylation sites is 1. The van der Waals surface area contributed by atoms with Gasteiger partial charge in [-0.15, -0.1) is 0 Å². The van der Waals surface area contributed by atoms with Gasteiger partial charge in [0.1, 0.15) is 18.1 Å². The minimum Gasteiger partial charge on any atom is -0.496 e. The van der Waals surface area contributed by atoms with Crippen LogP contribution in [0.1, 0.15) is 31.9 Å². The molecule has 0 fully saturated rings. The van der Waals surface area contributed by atoms with Crippen molar-refractivity contribution in [3.63, 3.8) is 0 Å². The lowest BCUT2D eigenvalue weighted by atomic mass is 9.86. The minimum absolute atomic E-state index is 0.0367. The van der Waals surface area contributed by atoms with Crippen LogP contribution in [0.4, 0.5) is 0 Å². The number of rotatable bonds is 4. The highest BCUT2D eigenvalue weighted by Crippen LogP contribution is 2.32. The molecule has 0 radical (unpaired) electrons. The van der Waals surface area contributed by atoms with Gasteiger partial charge in [0.2, 0.25) is 0 Å². The Labute approximate surface area is 131 Å². The van der Waals surface area contributed by atoms with E-state index in [4.69, 9.17) is 21.1 Å². The number of hydrogen-bond donors (Lipinski definition) is 0. The van der Waals surface area contributed by atoms with Crippen molar-refractivity contribution in [3.05, 3.63) is 58.6 Å². The van der Waals surface area contributed by atoms with Crippen LogP contribution in [0.15, 0.2) is 42.5 Å². The summed E-state index contributed by atoms with van der Waals surface area (Å²) in [6.45, 7) is 6.95. The van der Waals surface area contributed by atoms with Crippen molar-refractivity contribution in [2.45, 2.75) is 32.8 Å². The van der Waals surface area contributed by atoms with E-state index >= 15 is 0 Å². The summed E-state index contributed by atoms with van der Waals surface area (Å²) >= 11 is 6.05. The normalized spacial score (nSPS) is 11.3. The second-order valence-corrected chi connectivity index (χ2v) is 6.43. The molecule has 0 saturated carbocycles. The van der Waals surface area contributed by atoms with Gasteiger partial charge in [0.15, 0.2) is 0 Å². The number of methoxy groups -OCH3 is 1. The van der Waals surface area contributed by atoms with Crippen LogP contribution in [0.3, 0.4) is 0 Å². The van der Waals surface area contributed by atoms with Crippen LogP contribution in [0.25, 0.3) is 0 Å². The predicted octanol–water partition coefficient (Wildman–Crippen LogP) is 5.23. The zero-order valence-electron chi connectivity index (χ0n) is 12.9. The summed E-state index contributed by atoms with van der Waals surface area (Å²) in [4.78, 5) is 0. The van der Waals surface area contributed by atoms with E-state index in [2.05, 4.69) is 26.8 Å². The molecule has 2 aromatic carbocycles. The van der Waals surface area contributed by atoms with E-state index in [9.17, 15) is 0 Å². The standard InChI is InChI=1S/C18H21ClO2/c1-18(2,3)15-7-5-6-8-17(15)21-12-13-11-14(19)9-10-16(13)20-4/h5-11H,12H2,1-4H3. The van der Waals surface area contributed by atoms with E-state index in [1.807, 2.05) is 36.4 Å². The van der Waals surface area contributed by atoms with E-state index in [-0.39, 0.29) is 5.41 Å². The molecule has 0 aromatic heterocycles. The summed E-state index contributed by atoms with van der Waals surface area (Å²) in [5.41, 5.74) is 2.16. The summed E-state index contributed by atoms with van der Waals surface area (Å²) in [6, 6.07) is 13.7. The maximum Gasteiger partial charge on any atom is 0.125 e. The fourth-order valence-corrected chi connectivity index (χ4v) is 2.42. The zero-order chi connectivity index (χ0) is 15.5. The third kappa shape index (κ3) is 3.92. The Bertz CT molecular complexity index is 615. The second kappa shape index (κ2) is 6.40. The molecule has 0 aliphatic heterocycles. The Morgan fingerprint density at radius 2 is 1.71 bits per heavy atom. The zero-order valence-corrected chi connectivity index (χ0v) is 13.7. The van der Waals surface area contributed by atoms with Crippen LogP contribution >= 0.6 is 11.6 Å². The molecule has 0 aliphatic rings. The molecule has 3 heteroatoms. The van der Waals surface area contributed by atoms with Gasteiger partial charge >= 0.3 is 0 Å². The van der Waals surface area contributed by atoms with Crippen LogP contribution in [-0.2, 0) is 12.0 Å². The van der Waals surface area contributed by atoms with Gasteiger partial charge in [0.25, 0.3) is 0 Å². The van der Waals surface area contributed by atoms with Crippen LogP contribution < -0.4 is 9.47 Å². The second-order valence-electron chi connectivity index (χ2n) is 5.99. The van der Waals surface area contributed by atoms with Crippen LogP contribution in [0.5, 0.6) is 11.5 Å². The quantitative estimate of drug-likeness (QED) is 0.770. The topological polar surface area (TPSA) is 18.5 Å². The van der Waals surface area contributed by atoms with Crippen molar-refractivity contribution >= 4 is 11.6 Å². The van der Waals surface area contributed by atoms with Gasteiger partial charge in [0.05, 0.1) is 7.11 Å². The van der Waals surface area contributed by atoms with Gasteiger partial charge in [0, 0.05) is 10.6 Å². The molecular weight excluding hydrogens is 284 g/mol. The molecular formula is C18H21ClO2. The Hall–Kier alpha value is -1.67. The van der Waals surface area contributed by atoms with Gasteiger partial charge in [-0.2, -0.15) is 0 Å². The maximum absolute atomic E-state index is 6.05. The largest absolute Gasteiger partial charge is 0.496 e. The van der Waals surface area contributed by atoms with Crippen molar-refractivity contribution < 1.29 is 9.47 Å². The highest BCUT2D eigenvalue weighted by Gasteiger charge is 2.18. The van der Waals surface area contributed by atoms with Crippen molar-refractivity contribution in [3.8, 4) is 11.5 Å². The van der Waals surface area contributed by atoms with E-state index in [1.165, 1.54) is 5.56 Å². The summed E-state index contributed by atoms with van der Waals surface area (Å²) < 4.78 is 11.4. The Morgan fingerprint density at radius 1 is 1.00 bits per heavy atom.